The standard InChI is InChI=1S/C10H12Cl3NO3S/c1-6(17-2)5-14-18(15,16)10-8(12)3-7(11)4-9(10)13/h3-4,6,14H,5H2,1-2H3. The van der Waals surface area contributed by atoms with Crippen LogP contribution in [-0.2, 0) is 14.8 Å². The molecule has 1 N–H and O–H groups in total. The lowest BCUT2D eigenvalue weighted by Crippen LogP contribution is -2.32. The van der Waals surface area contributed by atoms with E-state index >= 15 is 0 Å². The Balaban J connectivity index is 3.06. The molecule has 0 bridgehead atoms. The molecule has 0 radical (unpaired) electrons. The van der Waals surface area contributed by atoms with Gasteiger partial charge in [-0.05, 0) is 19.1 Å². The fourth-order valence-corrected chi connectivity index (χ4v) is 3.82. The first-order valence-electron chi connectivity index (χ1n) is 4.95. The van der Waals surface area contributed by atoms with Crippen molar-refractivity contribution < 1.29 is 13.2 Å². The van der Waals surface area contributed by atoms with Gasteiger partial charge in [0.25, 0.3) is 0 Å². The Kier molecular flexibility index (Phi) is 5.70. The van der Waals surface area contributed by atoms with Crippen LogP contribution in [0.2, 0.25) is 15.1 Å². The average molecular weight is 333 g/mol. The molecule has 0 aliphatic carbocycles. The minimum Gasteiger partial charge on any atom is -0.380 e. The van der Waals surface area contributed by atoms with E-state index < -0.39 is 10.0 Å². The molecule has 0 fully saturated rings. The van der Waals surface area contributed by atoms with E-state index in [0.717, 1.165) is 0 Å². The number of hydrogen-bond acceptors (Lipinski definition) is 3. The molecular weight excluding hydrogens is 321 g/mol. The van der Waals surface area contributed by atoms with Crippen LogP contribution in [0, 0.1) is 0 Å². The zero-order valence-electron chi connectivity index (χ0n) is 9.71. The number of sulfonamides is 1. The summed E-state index contributed by atoms with van der Waals surface area (Å²) in [7, 11) is -2.31. The van der Waals surface area contributed by atoms with E-state index in [2.05, 4.69) is 4.72 Å². The van der Waals surface area contributed by atoms with Gasteiger partial charge in [0, 0.05) is 18.7 Å². The molecule has 0 spiro atoms. The Morgan fingerprint density at radius 3 is 2.22 bits per heavy atom. The summed E-state index contributed by atoms with van der Waals surface area (Å²) in [4.78, 5) is -0.182. The third-order valence-corrected chi connectivity index (χ3v) is 4.76. The number of ether oxygens (including phenoxy) is 1. The fraction of sp³-hybridized carbons (Fsp3) is 0.400. The normalized spacial score (nSPS) is 13.6. The zero-order chi connectivity index (χ0) is 13.9. The molecule has 4 nitrogen and oxygen atoms in total. The molecule has 1 aromatic rings. The maximum atomic E-state index is 12.0. The Morgan fingerprint density at radius 2 is 1.78 bits per heavy atom. The molecule has 0 aliphatic heterocycles. The molecule has 1 atom stereocenters. The molecule has 8 heteroatoms. The van der Waals surface area contributed by atoms with Crippen LogP contribution >= 0.6 is 34.8 Å². The maximum Gasteiger partial charge on any atom is 0.243 e. The summed E-state index contributed by atoms with van der Waals surface area (Å²) >= 11 is 17.4. The summed E-state index contributed by atoms with van der Waals surface area (Å²) in [5, 5.41) is 0.226. The zero-order valence-corrected chi connectivity index (χ0v) is 12.8. The lowest BCUT2D eigenvalue weighted by molar-refractivity contribution is 0.122. The first kappa shape index (κ1) is 16.0. The highest BCUT2D eigenvalue weighted by Crippen LogP contribution is 2.32. The molecule has 0 heterocycles. The van der Waals surface area contributed by atoms with Gasteiger partial charge in [0.05, 0.1) is 16.1 Å². The Hall–Kier alpha value is -0.0400. The second-order valence-electron chi connectivity index (χ2n) is 3.60. The van der Waals surface area contributed by atoms with Crippen LogP contribution < -0.4 is 4.72 Å². The molecule has 18 heavy (non-hydrogen) atoms. The number of hydrogen-bond donors (Lipinski definition) is 1. The fourth-order valence-electron chi connectivity index (χ4n) is 1.17. The van der Waals surface area contributed by atoms with Crippen LogP contribution in [0.1, 0.15) is 6.92 Å². The average Bonchev–Trinajstić information content (AvgIpc) is 2.24. The van der Waals surface area contributed by atoms with Crippen molar-refractivity contribution in [3.63, 3.8) is 0 Å². The minimum atomic E-state index is -3.80. The molecule has 0 aliphatic rings. The highest BCUT2D eigenvalue weighted by Gasteiger charge is 2.22. The van der Waals surface area contributed by atoms with Gasteiger partial charge >= 0.3 is 0 Å². The van der Waals surface area contributed by atoms with Gasteiger partial charge in [-0.1, -0.05) is 34.8 Å². The van der Waals surface area contributed by atoms with E-state index in [1.54, 1.807) is 6.92 Å². The van der Waals surface area contributed by atoms with Gasteiger partial charge in [-0.3, -0.25) is 0 Å². The van der Waals surface area contributed by atoms with Crippen molar-refractivity contribution in [3.8, 4) is 0 Å². The third-order valence-electron chi connectivity index (χ3n) is 2.19. The van der Waals surface area contributed by atoms with Crippen LogP contribution in [0.3, 0.4) is 0 Å². The molecule has 102 valence electrons. The van der Waals surface area contributed by atoms with Gasteiger partial charge in [-0.2, -0.15) is 0 Å². The Labute approximate surface area is 121 Å². The van der Waals surface area contributed by atoms with E-state index in [1.807, 2.05) is 0 Å². The number of halogens is 3. The third kappa shape index (κ3) is 3.98. The summed E-state index contributed by atoms with van der Waals surface area (Å²) in [6.45, 7) is 1.85. The lowest BCUT2D eigenvalue weighted by Gasteiger charge is -2.13. The molecule has 0 saturated carbocycles. The largest absolute Gasteiger partial charge is 0.380 e. The highest BCUT2D eigenvalue weighted by atomic mass is 35.5. The highest BCUT2D eigenvalue weighted by molar-refractivity contribution is 7.89. The topological polar surface area (TPSA) is 55.4 Å². The van der Waals surface area contributed by atoms with Gasteiger partial charge in [-0.15, -0.1) is 0 Å². The maximum absolute atomic E-state index is 12.0. The molecule has 0 saturated heterocycles. The summed E-state index contributed by atoms with van der Waals surface area (Å²) < 4.78 is 31.4. The molecule has 1 rings (SSSR count). The van der Waals surface area contributed by atoms with Crippen LogP contribution in [0.5, 0.6) is 0 Å². The van der Waals surface area contributed by atoms with Crippen LogP contribution in [0.4, 0.5) is 0 Å². The van der Waals surface area contributed by atoms with Crippen molar-refractivity contribution in [3.05, 3.63) is 27.2 Å². The van der Waals surface area contributed by atoms with E-state index in [1.165, 1.54) is 19.2 Å². The number of rotatable bonds is 5. The van der Waals surface area contributed by atoms with Crippen molar-refractivity contribution in [2.45, 2.75) is 17.9 Å². The van der Waals surface area contributed by atoms with Gasteiger partial charge < -0.3 is 4.74 Å². The summed E-state index contributed by atoms with van der Waals surface area (Å²) in [6.07, 6.45) is -0.260. The number of benzene rings is 1. The molecule has 0 amide bonds. The second-order valence-corrected chi connectivity index (χ2v) is 6.55. The predicted octanol–water partition coefficient (Wildman–Crippen LogP) is 2.96. The van der Waals surface area contributed by atoms with Crippen molar-refractivity contribution in [1.82, 2.24) is 4.72 Å². The number of nitrogens with one attached hydrogen (secondary N) is 1. The SMILES string of the molecule is COC(C)CNS(=O)(=O)c1c(Cl)cc(Cl)cc1Cl. The first-order valence-corrected chi connectivity index (χ1v) is 7.56. The van der Waals surface area contributed by atoms with Crippen molar-refractivity contribution in [2.75, 3.05) is 13.7 Å². The quantitative estimate of drug-likeness (QED) is 0.902. The summed E-state index contributed by atoms with van der Waals surface area (Å²) in [5.41, 5.74) is 0. The Bertz CT molecular complexity index is 510. The van der Waals surface area contributed by atoms with Crippen molar-refractivity contribution in [2.24, 2.45) is 0 Å². The van der Waals surface area contributed by atoms with E-state index in [0.29, 0.717) is 0 Å². The van der Waals surface area contributed by atoms with Crippen molar-refractivity contribution >= 4 is 44.8 Å². The van der Waals surface area contributed by atoms with Gasteiger partial charge in [-0.25, -0.2) is 13.1 Å². The minimum absolute atomic E-state index is 0.0231. The summed E-state index contributed by atoms with van der Waals surface area (Å²) in [6, 6.07) is 2.65. The lowest BCUT2D eigenvalue weighted by atomic mass is 10.4. The smallest absolute Gasteiger partial charge is 0.243 e. The second kappa shape index (κ2) is 6.41. The monoisotopic (exact) mass is 331 g/mol. The van der Waals surface area contributed by atoms with E-state index in [9.17, 15) is 8.42 Å². The van der Waals surface area contributed by atoms with Gasteiger partial charge in [0.2, 0.25) is 10.0 Å². The Morgan fingerprint density at radius 1 is 1.28 bits per heavy atom. The van der Waals surface area contributed by atoms with Crippen LogP contribution in [0.25, 0.3) is 0 Å². The van der Waals surface area contributed by atoms with E-state index in [4.69, 9.17) is 39.5 Å². The van der Waals surface area contributed by atoms with Crippen LogP contribution in [-0.4, -0.2) is 28.2 Å². The molecule has 0 aromatic heterocycles. The molecule has 1 unspecified atom stereocenters. The van der Waals surface area contributed by atoms with E-state index in [-0.39, 0.29) is 32.6 Å². The molecular formula is C10H12Cl3NO3S. The predicted molar refractivity (Wildman–Crippen MR) is 73.1 cm³/mol. The first-order chi connectivity index (χ1) is 8.27. The van der Waals surface area contributed by atoms with Gasteiger partial charge in [0.1, 0.15) is 4.90 Å². The van der Waals surface area contributed by atoms with Crippen LogP contribution in [0.15, 0.2) is 17.0 Å². The van der Waals surface area contributed by atoms with Crippen molar-refractivity contribution in [1.29, 1.82) is 0 Å². The summed E-state index contributed by atoms with van der Waals surface area (Å²) in [5.74, 6) is 0. The number of methoxy groups -OCH3 is 1. The van der Waals surface area contributed by atoms with Gasteiger partial charge in [0.15, 0.2) is 0 Å². The molecule has 1 aromatic carbocycles.